The van der Waals surface area contributed by atoms with Gasteiger partial charge in [0.1, 0.15) is 0 Å². The second-order valence-electron chi connectivity index (χ2n) is 5.50. The van der Waals surface area contributed by atoms with Crippen molar-refractivity contribution in [3.8, 4) is 0 Å². The van der Waals surface area contributed by atoms with E-state index in [0.717, 1.165) is 17.6 Å². The number of fused-ring (bicyclic) bond motifs is 1. The number of nitrogens with one attached hydrogen (secondary N) is 1. The van der Waals surface area contributed by atoms with Crippen LogP contribution in [0.4, 0.5) is 18.9 Å². The fraction of sp³-hybridized carbons (Fsp3) is 0.176. The van der Waals surface area contributed by atoms with Crippen LogP contribution >= 0.6 is 0 Å². The summed E-state index contributed by atoms with van der Waals surface area (Å²) in [4.78, 5) is 24.2. The first-order valence-corrected chi connectivity index (χ1v) is 7.47. The Kier molecular flexibility index (Phi) is 4.35. The predicted molar refractivity (Wildman–Crippen MR) is 86.7 cm³/mol. The Bertz CT molecular complexity index is 1020. The average molecular weight is 349 g/mol. The van der Waals surface area contributed by atoms with E-state index in [2.05, 4.69) is 5.32 Å². The monoisotopic (exact) mass is 349 g/mol. The number of amides is 1. The van der Waals surface area contributed by atoms with Gasteiger partial charge in [0.15, 0.2) is 17.5 Å². The molecular weight excluding hydrogens is 335 g/mol. The van der Waals surface area contributed by atoms with Gasteiger partial charge in [-0.25, -0.2) is 18.0 Å². The van der Waals surface area contributed by atoms with Gasteiger partial charge in [0, 0.05) is 20.0 Å². The normalized spacial score (nSPS) is 11.0. The molecule has 130 valence electrons. The van der Waals surface area contributed by atoms with Crippen LogP contribution < -0.4 is 11.0 Å². The lowest BCUT2D eigenvalue weighted by Gasteiger charge is -2.08. The van der Waals surface area contributed by atoms with Crippen molar-refractivity contribution >= 4 is 22.6 Å². The van der Waals surface area contributed by atoms with Gasteiger partial charge in [-0.15, -0.1) is 0 Å². The van der Waals surface area contributed by atoms with Crippen LogP contribution in [-0.4, -0.2) is 15.0 Å². The van der Waals surface area contributed by atoms with Crippen LogP contribution in [0.1, 0.15) is 6.42 Å². The molecule has 1 N–H and O–H groups in total. The van der Waals surface area contributed by atoms with E-state index in [4.69, 9.17) is 0 Å². The van der Waals surface area contributed by atoms with Crippen molar-refractivity contribution in [2.45, 2.75) is 13.0 Å². The molecule has 0 aliphatic rings. The standard InChI is InChI=1S/C17H14F3N3O2/c1-22-12-4-2-3-5-13(12)23(17(22)25)9-8-14(24)21-11-7-6-10(18)15(19)16(11)20/h2-7H,8-9H2,1H3,(H,21,24). The zero-order chi connectivity index (χ0) is 18.1. The zero-order valence-electron chi connectivity index (χ0n) is 13.2. The molecule has 0 unspecified atom stereocenters. The quantitative estimate of drug-likeness (QED) is 0.737. The minimum atomic E-state index is -1.65. The van der Waals surface area contributed by atoms with Crippen molar-refractivity contribution < 1.29 is 18.0 Å². The number of imidazole rings is 1. The van der Waals surface area contributed by atoms with Crippen molar-refractivity contribution in [2.24, 2.45) is 7.05 Å². The van der Waals surface area contributed by atoms with Crippen LogP contribution in [0.25, 0.3) is 11.0 Å². The topological polar surface area (TPSA) is 56.0 Å². The smallest absolute Gasteiger partial charge is 0.323 e. The number of hydrogen-bond donors (Lipinski definition) is 1. The Morgan fingerprint density at radius 2 is 1.72 bits per heavy atom. The number of nitrogens with zero attached hydrogens (tertiary/aromatic N) is 2. The third-order valence-electron chi connectivity index (χ3n) is 3.92. The molecule has 8 heteroatoms. The minimum Gasteiger partial charge on any atom is -0.323 e. The molecule has 0 aliphatic carbocycles. The summed E-state index contributed by atoms with van der Waals surface area (Å²) in [5, 5.41) is 2.18. The van der Waals surface area contributed by atoms with Crippen molar-refractivity contribution in [3.63, 3.8) is 0 Å². The summed E-state index contributed by atoms with van der Waals surface area (Å²) < 4.78 is 42.5. The van der Waals surface area contributed by atoms with Crippen molar-refractivity contribution in [3.05, 3.63) is 64.3 Å². The summed E-state index contributed by atoms with van der Waals surface area (Å²) in [6.07, 6.45) is -0.133. The molecule has 0 aliphatic heterocycles. The van der Waals surface area contributed by atoms with E-state index in [0.29, 0.717) is 5.52 Å². The molecule has 0 bridgehead atoms. The molecule has 2 aromatic carbocycles. The van der Waals surface area contributed by atoms with Crippen LogP contribution in [-0.2, 0) is 18.4 Å². The fourth-order valence-electron chi connectivity index (χ4n) is 2.63. The van der Waals surface area contributed by atoms with Gasteiger partial charge in [0.25, 0.3) is 0 Å². The minimum absolute atomic E-state index is 0.0668. The second-order valence-corrected chi connectivity index (χ2v) is 5.50. The molecule has 0 saturated heterocycles. The Hall–Kier alpha value is -3.03. The lowest BCUT2D eigenvalue weighted by molar-refractivity contribution is -0.116. The molecule has 3 rings (SSSR count). The molecule has 0 atom stereocenters. The number of carbonyl (C=O) groups excluding carboxylic acids is 1. The first-order chi connectivity index (χ1) is 11.9. The summed E-state index contributed by atoms with van der Waals surface area (Å²) in [5.41, 5.74) is 0.656. The predicted octanol–water partition coefficient (Wildman–Crippen LogP) is 2.79. The number of halogens is 3. The molecule has 1 amide bonds. The number of benzene rings is 2. The van der Waals surface area contributed by atoms with E-state index in [9.17, 15) is 22.8 Å². The summed E-state index contributed by atoms with van der Waals surface area (Å²) in [5.74, 6) is -5.07. The Labute approximate surface area is 140 Å². The van der Waals surface area contributed by atoms with E-state index >= 15 is 0 Å². The van der Waals surface area contributed by atoms with Gasteiger partial charge in [-0.05, 0) is 24.3 Å². The number of rotatable bonds is 4. The van der Waals surface area contributed by atoms with E-state index in [-0.39, 0.29) is 18.7 Å². The molecule has 3 aromatic rings. The third-order valence-corrected chi connectivity index (χ3v) is 3.92. The zero-order valence-corrected chi connectivity index (χ0v) is 13.2. The maximum absolute atomic E-state index is 13.6. The maximum Gasteiger partial charge on any atom is 0.328 e. The molecule has 25 heavy (non-hydrogen) atoms. The van der Waals surface area contributed by atoms with E-state index in [1.165, 1.54) is 9.13 Å². The second kappa shape index (κ2) is 6.46. The van der Waals surface area contributed by atoms with Gasteiger partial charge in [0.05, 0.1) is 16.7 Å². The van der Waals surface area contributed by atoms with Crippen LogP contribution in [0.2, 0.25) is 0 Å². The lowest BCUT2D eigenvalue weighted by atomic mass is 10.2. The lowest BCUT2D eigenvalue weighted by Crippen LogP contribution is -2.24. The summed E-state index contributed by atoms with van der Waals surface area (Å²) in [6.45, 7) is 0.0668. The van der Waals surface area contributed by atoms with Crippen molar-refractivity contribution in [1.29, 1.82) is 0 Å². The molecule has 0 spiro atoms. The highest BCUT2D eigenvalue weighted by molar-refractivity contribution is 5.90. The summed E-state index contributed by atoms with van der Waals surface area (Å²) in [6, 6.07) is 8.77. The summed E-state index contributed by atoms with van der Waals surface area (Å²) in [7, 11) is 1.62. The number of hydrogen-bond acceptors (Lipinski definition) is 2. The first-order valence-electron chi connectivity index (χ1n) is 7.47. The highest BCUT2D eigenvalue weighted by atomic mass is 19.2. The van der Waals surface area contributed by atoms with Crippen LogP contribution in [0.15, 0.2) is 41.2 Å². The number of aromatic nitrogens is 2. The van der Waals surface area contributed by atoms with Crippen LogP contribution in [0.5, 0.6) is 0 Å². The summed E-state index contributed by atoms with van der Waals surface area (Å²) >= 11 is 0. The molecular formula is C17H14F3N3O2. The van der Waals surface area contributed by atoms with Gasteiger partial charge >= 0.3 is 5.69 Å². The van der Waals surface area contributed by atoms with Gasteiger partial charge in [-0.1, -0.05) is 12.1 Å². The van der Waals surface area contributed by atoms with E-state index in [1.807, 2.05) is 0 Å². The average Bonchev–Trinajstić information content (AvgIpc) is 2.85. The molecule has 5 nitrogen and oxygen atoms in total. The molecule has 0 saturated carbocycles. The van der Waals surface area contributed by atoms with Gasteiger partial charge in [0.2, 0.25) is 5.91 Å². The molecule has 1 heterocycles. The molecule has 1 aromatic heterocycles. The number of aryl methyl sites for hydroxylation is 2. The SMILES string of the molecule is Cn1c(=O)n(CCC(=O)Nc2ccc(F)c(F)c2F)c2ccccc21. The first kappa shape index (κ1) is 16.8. The van der Waals surface area contributed by atoms with Gasteiger partial charge < -0.3 is 5.32 Å². The molecule has 0 radical (unpaired) electrons. The number of carbonyl (C=O) groups is 1. The van der Waals surface area contributed by atoms with Gasteiger partial charge in [-0.2, -0.15) is 0 Å². The molecule has 0 fully saturated rings. The largest absolute Gasteiger partial charge is 0.328 e. The Balaban J connectivity index is 1.77. The third kappa shape index (κ3) is 3.02. The van der Waals surface area contributed by atoms with Crippen molar-refractivity contribution in [1.82, 2.24) is 9.13 Å². The maximum atomic E-state index is 13.6. The van der Waals surface area contributed by atoms with E-state index < -0.39 is 29.0 Å². The van der Waals surface area contributed by atoms with Crippen molar-refractivity contribution in [2.75, 3.05) is 5.32 Å². The number of para-hydroxylation sites is 2. The number of anilines is 1. The van der Waals surface area contributed by atoms with Gasteiger partial charge in [-0.3, -0.25) is 13.9 Å². The Morgan fingerprint density at radius 3 is 2.44 bits per heavy atom. The van der Waals surface area contributed by atoms with E-state index in [1.54, 1.807) is 31.3 Å². The van der Waals surface area contributed by atoms with Crippen LogP contribution in [0, 0.1) is 17.5 Å². The fourth-order valence-corrected chi connectivity index (χ4v) is 2.63. The Morgan fingerprint density at radius 1 is 1.04 bits per heavy atom. The highest BCUT2D eigenvalue weighted by Crippen LogP contribution is 2.20. The van der Waals surface area contributed by atoms with Crippen LogP contribution in [0.3, 0.4) is 0 Å². The highest BCUT2D eigenvalue weighted by Gasteiger charge is 2.16.